The van der Waals surface area contributed by atoms with Crippen LogP contribution in [0.15, 0.2) is 60.7 Å². The molecule has 38 heavy (non-hydrogen) atoms. The van der Waals surface area contributed by atoms with Gasteiger partial charge in [0.2, 0.25) is 0 Å². The van der Waals surface area contributed by atoms with E-state index in [9.17, 15) is 4.79 Å². The first-order valence-electron chi connectivity index (χ1n) is 9.55. The van der Waals surface area contributed by atoms with Gasteiger partial charge in [-0.1, -0.05) is 55.5 Å². The van der Waals surface area contributed by atoms with Crippen molar-refractivity contribution in [3.05, 3.63) is 106 Å². The molecule has 1 N–H and O–H groups in total. The Morgan fingerprint density at radius 1 is 0.789 bits per heavy atom. The summed E-state index contributed by atoms with van der Waals surface area (Å²) in [6.07, 6.45) is 3.51. The molecule has 0 saturated carbocycles. The SMILES string of the molecule is CCC[SH2+].C[C@@H]1ON(c2ccccc2)[C@H](c2ccccc2)[C@H]1[C-]=[OH+].[C-]#[O+].[C-]#[O+].[C-]#[O+].[C-]#[O+].[C-]#[O+].[C-]#[O+].[Fe].[Fe]. The second-order valence-electron chi connectivity index (χ2n) is 5.73. The van der Waals surface area contributed by atoms with Crippen molar-refractivity contribution in [2.24, 2.45) is 5.92 Å². The van der Waals surface area contributed by atoms with E-state index in [1.807, 2.05) is 72.7 Å². The molecule has 1 fully saturated rings. The molecule has 0 aromatic heterocycles. The molecule has 3 atom stereocenters. The normalized spacial score (nSPS) is 14.6. The maximum Gasteiger partial charge on any atom is 0 e. The molecular formula is C26H26Fe2NO8S+. The summed E-state index contributed by atoms with van der Waals surface area (Å²) in [6, 6.07) is 19.9. The number of benzene rings is 2. The average Bonchev–Trinajstić information content (AvgIpc) is 3.36. The Labute approximate surface area is 250 Å². The topological polar surface area (TPSA) is 153 Å². The summed E-state index contributed by atoms with van der Waals surface area (Å²) in [7, 11) is 0. The molecule has 0 spiro atoms. The van der Waals surface area contributed by atoms with Crippen LogP contribution in [-0.4, -0.2) is 22.9 Å². The zero-order valence-electron chi connectivity index (χ0n) is 20.4. The molecule has 0 aliphatic carbocycles. The van der Waals surface area contributed by atoms with Crippen molar-refractivity contribution in [1.29, 1.82) is 0 Å². The summed E-state index contributed by atoms with van der Waals surface area (Å²) >= 11 is 3.29. The molecule has 2 aromatic carbocycles. The van der Waals surface area contributed by atoms with Crippen LogP contribution in [0, 0.1) is 45.8 Å². The molecule has 2 aromatic rings. The van der Waals surface area contributed by atoms with Crippen LogP contribution in [0.3, 0.4) is 0 Å². The maximum absolute atomic E-state index is 9.48. The molecule has 9 nitrogen and oxygen atoms in total. The number of hydroxylamine groups is 1. The molecule has 1 aliphatic rings. The maximum atomic E-state index is 9.48. The first kappa shape index (κ1) is 52.2. The minimum absolute atomic E-state index is 0. The number of carbonyl (C=O) groups excluding carboxylic acids is 1. The number of rotatable bonds is 4. The van der Waals surface area contributed by atoms with E-state index in [0.29, 0.717) is 0 Å². The molecule has 3 rings (SSSR count). The summed E-state index contributed by atoms with van der Waals surface area (Å²) in [5.41, 5.74) is 2.08. The van der Waals surface area contributed by atoms with Gasteiger partial charge in [-0.25, -0.2) is 5.06 Å². The van der Waals surface area contributed by atoms with Crippen LogP contribution < -0.4 is 5.06 Å². The molecule has 204 valence electrons. The van der Waals surface area contributed by atoms with Gasteiger partial charge in [-0.05, 0) is 55.9 Å². The van der Waals surface area contributed by atoms with E-state index < -0.39 is 0 Å². The van der Waals surface area contributed by atoms with Gasteiger partial charge in [-0.3, -0.25) is 4.84 Å². The Bertz CT molecular complexity index is 826. The average molecular weight is 624 g/mol. The fraction of sp³-hybridized carbons (Fsp3) is 0.269. The number of nitrogens with zero attached hydrogens (tertiary/aromatic N) is 1. The van der Waals surface area contributed by atoms with Crippen molar-refractivity contribution in [3.8, 4) is 0 Å². The van der Waals surface area contributed by atoms with E-state index >= 15 is 0 Å². The standard InChI is InChI=1S/C17H17NO2.C3H8S.6CO.2Fe/c1-13-16(12-19)17(14-8-4-2-5-9-14)18(20-13)15-10-6-3-7-11-15;1-2-3-4;6*1-2;;/h2-11,13,16-17,19H,1H3;4H,2-3H2,1H3;;;;;;;;/p+1/t13-,16-,17+;;;;;;;;;/m0........./s1. The largest absolute Gasteiger partial charge is 0 e. The van der Waals surface area contributed by atoms with Gasteiger partial charge in [0.25, 0.3) is 0 Å². The minimum atomic E-state index is -0.183. The Hall–Kier alpha value is -2.30. The monoisotopic (exact) mass is 624 g/mol. The quantitative estimate of drug-likeness (QED) is 0.291. The predicted octanol–water partition coefficient (Wildman–Crippen LogP) is 3.41. The van der Waals surface area contributed by atoms with Crippen molar-refractivity contribution >= 4 is 24.6 Å². The van der Waals surface area contributed by atoms with Gasteiger partial charge in [0.1, 0.15) is 5.75 Å². The summed E-state index contributed by atoms with van der Waals surface area (Å²) in [6.45, 7) is 31.1. The van der Waals surface area contributed by atoms with Gasteiger partial charge in [-0.15, -0.1) is 0 Å². The van der Waals surface area contributed by atoms with Gasteiger partial charge in [0.15, 0.2) is 0 Å². The first-order chi connectivity index (χ1) is 17.7. The van der Waals surface area contributed by atoms with Crippen molar-refractivity contribution in [2.75, 3.05) is 10.8 Å². The third-order valence-corrected chi connectivity index (χ3v) is 4.43. The Morgan fingerprint density at radius 3 is 1.45 bits per heavy atom. The number of hydrogen-bond donors (Lipinski definition) is 0. The molecule has 12 heteroatoms. The molecule has 0 radical (unpaired) electrons. The molecule has 1 saturated heterocycles. The third kappa shape index (κ3) is 21.8. The number of para-hydroxylation sites is 1. The first-order valence-corrected chi connectivity index (χ1v) is 10.3. The second-order valence-corrected chi connectivity index (χ2v) is 6.23. The van der Waals surface area contributed by atoms with Crippen molar-refractivity contribution in [1.82, 2.24) is 0 Å². The molecule has 0 bridgehead atoms. The zero-order chi connectivity index (χ0) is 29.4. The van der Waals surface area contributed by atoms with Gasteiger partial charge >= 0.3 is 67.8 Å². The fourth-order valence-corrected chi connectivity index (χ4v) is 2.68. The van der Waals surface area contributed by atoms with Crippen LogP contribution in [0.2, 0.25) is 0 Å². The molecule has 1 aliphatic heterocycles. The van der Waals surface area contributed by atoms with Crippen LogP contribution in [0.5, 0.6) is 0 Å². The summed E-state index contributed by atoms with van der Waals surface area (Å²) < 4.78 is 45.0. The minimum Gasteiger partial charge on any atom is 0 e. The molecular weight excluding hydrogens is 598 g/mol. The zero-order valence-corrected chi connectivity index (χ0v) is 23.6. The van der Waals surface area contributed by atoms with Gasteiger partial charge in [0, 0.05) is 34.1 Å². The number of anilines is 1. The molecule has 0 amide bonds. The van der Waals surface area contributed by atoms with Gasteiger partial charge in [0.05, 0.1) is 17.8 Å². The summed E-state index contributed by atoms with van der Waals surface area (Å²) in [5, 5.41) is 1.87. The summed E-state index contributed by atoms with van der Waals surface area (Å²) in [4.78, 5) is 15.4. The van der Waals surface area contributed by atoms with Crippen molar-refractivity contribution in [2.45, 2.75) is 32.4 Å². The van der Waals surface area contributed by atoms with Gasteiger partial charge < -0.3 is 4.79 Å². The van der Waals surface area contributed by atoms with Crippen LogP contribution in [0.25, 0.3) is 0 Å². The van der Waals surface area contributed by atoms with E-state index in [1.54, 1.807) is 0 Å². The van der Waals surface area contributed by atoms with E-state index in [2.05, 4.69) is 65.7 Å². The predicted molar refractivity (Wildman–Crippen MR) is 128 cm³/mol. The smallest absolute Gasteiger partial charge is 0 e. The van der Waals surface area contributed by atoms with Crippen LogP contribution >= 0.6 is 0 Å². The number of hydrogen-bond acceptors (Lipinski definition) is 2. The molecule has 1 heterocycles. The Kier molecular flexibility index (Phi) is 61.4. The van der Waals surface area contributed by atoms with E-state index in [-0.39, 0.29) is 52.2 Å². The van der Waals surface area contributed by atoms with Crippen LogP contribution in [0.4, 0.5) is 5.69 Å². The Balaban J connectivity index is -0.0000000916. The van der Waals surface area contributed by atoms with E-state index in [0.717, 1.165) is 17.0 Å². The third-order valence-electron chi connectivity index (χ3n) is 3.93. The van der Waals surface area contributed by atoms with E-state index in [1.165, 1.54) is 6.42 Å². The second kappa shape index (κ2) is 44.7. The van der Waals surface area contributed by atoms with Gasteiger partial charge in [-0.2, -0.15) is 0 Å². The Morgan fingerprint density at radius 2 is 1.13 bits per heavy atom. The van der Waals surface area contributed by atoms with Crippen molar-refractivity contribution in [3.63, 3.8) is 0 Å². The van der Waals surface area contributed by atoms with E-state index in [4.69, 9.17) is 32.8 Å². The molecule has 0 unspecified atom stereocenters. The fourth-order valence-electron chi connectivity index (χ4n) is 2.68. The van der Waals surface area contributed by atoms with Crippen LogP contribution in [0.1, 0.15) is 31.9 Å². The summed E-state index contributed by atoms with van der Waals surface area (Å²) in [5.74, 6) is 0.942. The van der Waals surface area contributed by atoms with Crippen molar-refractivity contribution < 1.29 is 71.7 Å². The van der Waals surface area contributed by atoms with Crippen LogP contribution in [-0.2, 0) is 79.5 Å².